The number of allylic oxidation sites excluding steroid dienone is 1. The van der Waals surface area contributed by atoms with Crippen molar-refractivity contribution in [1.29, 1.82) is 0 Å². The molecule has 2 atom stereocenters. The summed E-state index contributed by atoms with van der Waals surface area (Å²) in [6, 6.07) is 0. The number of alkyl halides is 1. The van der Waals surface area contributed by atoms with Gasteiger partial charge in [0.1, 0.15) is 5.67 Å². The smallest absolute Gasteiger partial charge is 0.126 e. The van der Waals surface area contributed by atoms with E-state index >= 15 is 0 Å². The maximum atomic E-state index is 13.5. The van der Waals surface area contributed by atoms with E-state index in [1.165, 1.54) is 6.08 Å². The highest BCUT2D eigenvalue weighted by atomic mass is 19.1. The lowest BCUT2D eigenvalue weighted by molar-refractivity contribution is 0.145. The van der Waals surface area contributed by atoms with E-state index in [2.05, 4.69) is 34.3 Å². The highest BCUT2D eigenvalue weighted by molar-refractivity contribution is 4.94. The lowest BCUT2D eigenvalue weighted by Gasteiger charge is -2.31. The van der Waals surface area contributed by atoms with E-state index in [0.717, 1.165) is 0 Å². The number of rotatable bonds is 3. The fourth-order valence-corrected chi connectivity index (χ4v) is 0.988. The zero-order chi connectivity index (χ0) is 9.99. The molecule has 2 unspecified atom stereocenters. The van der Waals surface area contributed by atoms with Gasteiger partial charge in [0.15, 0.2) is 0 Å². The van der Waals surface area contributed by atoms with Crippen LogP contribution in [0.15, 0.2) is 12.7 Å². The normalized spacial score (nSPS) is 19.8. The van der Waals surface area contributed by atoms with Gasteiger partial charge in [-0.2, -0.15) is 0 Å². The standard InChI is InChI=1S/C11H21F/c1-7-11(6,12)8-9(2)10(3,4)5/h7,9H,1,8H2,2-6H3. The van der Waals surface area contributed by atoms with Crippen molar-refractivity contribution in [2.75, 3.05) is 0 Å². The van der Waals surface area contributed by atoms with Gasteiger partial charge < -0.3 is 0 Å². The molecular formula is C11H21F. The van der Waals surface area contributed by atoms with Gasteiger partial charge in [0, 0.05) is 0 Å². The SMILES string of the molecule is C=CC(C)(F)CC(C)C(C)(C)C. The van der Waals surface area contributed by atoms with Crippen LogP contribution in [0.25, 0.3) is 0 Å². The van der Waals surface area contributed by atoms with Crippen molar-refractivity contribution in [3.63, 3.8) is 0 Å². The fourth-order valence-electron chi connectivity index (χ4n) is 0.988. The molecule has 12 heavy (non-hydrogen) atoms. The van der Waals surface area contributed by atoms with Crippen LogP contribution in [0.1, 0.15) is 41.0 Å². The van der Waals surface area contributed by atoms with Crippen LogP contribution < -0.4 is 0 Å². The molecular weight excluding hydrogens is 151 g/mol. The molecule has 0 aromatic rings. The first-order valence-electron chi connectivity index (χ1n) is 4.51. The Kier molecular flexibility index (Phi) is 3.49. The second-order valence-electron chi connectivity index (χ2n) is 4.95. The molecule has 0 heterocycles. The molecule has 0 rings (SSSR count). The summed E-state index contributed by atoms with van der Waals surface area (Å²) >= 11 is 0. The molecule has 0 radical (unpaired) electrons. The Balaban J connectivity index is 4.18. The van der Waals surface area contributed by atoms with Gasteiger partial charge >= 0.3 is 0 Å². The lowest BCUT2D eigenvalue weighted by Crippen LogP contribution is -2.26. The number of hydrogen-bond donors (Lipinski definition) is 0. The molecule has 1 heteroatoms. The summed E-state index contributed by atoms with van der Waals surface area (Å²) in [4.78, 5) is 0. The largest absolute Gasteiger partial charge is 0.240 e. The topological polar surface area (TPSA) is 0 Å². The van der Waals surface area contributed by atoms with Crippen molar-refractivity contribution in [2.24, 2.45) is 11.3 Å². The zero-order valence-corrected chi connectivity index (χ0v) is 8.95. The highest BCUT2D eigenvalue weighted by Gasteiger charge is 2.28. The summed E-state index contributed by atoms with van der Waals surface area (Å²) in [5.41, 5.74) is -1.04. The second-order valence-corrected chi connectivity index (χ2v) is 4.95. The Bertz CT molecular complexity index is 151. The van der Waals surface area contributed by atoms with Crippen molar-refractivity contribution in [2.45, 2.75) is 46.7 Å². The van der Waals surface area contributed by atoms with Crippen LogP contribution in [0.4, 0.5) is 4.39 Å². The van der Waals surface area contributed by atoms with E-state index in [9.17, 15) is 4.39 Å². The van der Waals surface area contributed by atoms with Crippen molar-refractivity contribution >= 4 is 0 Å². The van der Waals surface area contributed by atoms with Gasteiger partial charge in [0.25, 0.3) is 0 Å². The molecule has 0 spiro atoms. The molecule has 0 aromatic carbocycles. The van der Waals surface area contributed by atoms with E-state index in [-0.39, 0.29) is 5.41 Å². The van der Waals surface area contributed by atoms with Gasteiger partial charge in [-0.15, -0.1) is 0 Å². The third-order valence-electron chi connectivity index (χ3n) is 2.61. The predicted molar refractivity (Wildman–Crippen MR) is 52.9 cm³/mol. The summed E-state index contributed by atoms with van der Waals surface area (Å²) in [5.74, 6) is 0.366. The first-order valence-corrected chi connectivity index (χ1v) is 4.51. The molecule has 0 bridgehead atoms. The van der Waals surface area contributed by atoms with Gasteiger partial charge in [-0.3, -0.25) is 0 Å². The van der Waals surface area contributed by atoms with E-state index < -0.39 is 5.67 Å². The summed E-state index contributed by atoms with van der Waals surface area (Å²) in [6.45, 7) is 13.6. The summed E-state index contributed by atoms with van der Waals surface area (Å²) < 4.78 is 13.5. The van der Waals surface area contributed by atoms with Crippen molar-refractivity contribution in [1.82, 2.24) is 0 Å². The summed E-state index contributed by atoms with van der Waals surface area (Å²) in [7, 11) is 0. The number of halogens is 1. The van der Waals surface area contributed by atoms with Gasteiger partial charge in [0.2, 0.25) is 0 Å². The Morgan fingerprint density at radius 1 is 1.33 bits per heavy atom. The predicted octanol–water partition coefficient (Wildman–Crippen LogP) is 3.97. The summed E-state index contributed by atoms with van der Waals surface area (Å²) in [6.07, 6.45) is 1.95. The molecule has 0 aliphatic heterocycles. The number of hydrogen-bond acceptors (Lipinski definition) is 0. The minimum Gasteiger partial charge on any atom is -0.240 e. The minimum absolute atomic E-state index is 0.177. The maximum absolute atomic E-state index is 13.5. The first-order chi connectivity index (χ1) is 5.19. The third-order valence-corrected chi connectivity index (χ3v) is 2.61. The Morgan fingerprint density at radius 3 is 2.00 bits per heavy atom. The average Bonchev–Trinajstić information content (AvgIpc) is 1.85. The molecule has 0 saturated carbocycles. The molecule has 0 N–H and O–H groups in total. The molecule has 0 nitrogen and oxygen atoms in total. The van der Waals surface area contributed by atoms with E-state index in [0.29, 0.717) is 12.3 Å². The van der Waals surface area contributed by atoms with Crippen LogP contribution in [0.5, 0.6) is 0 Å². The van der Waals surface area contributed by atoms with Crippen LogP contribution >= 0.6 is 0 Å². The Labute approximate surface area is 75.9 Å². The van der Waals surface area contributed by atoms with Crippen LogP contribution in [-0.4, -0.2) is 5.67 Å². The van der Waals surface area contributed by atoms with Crippen LogP contribution in [0.3, 0.4) is 0 Å². The van der Waals surface area contributed by atoms with E-state index in [1.54, 1.807) is 6.92 Å². The van der Waals surface area contributed by atoms with Crippen molar-refractivity contribution in [3.05, 3.63) is 12.7 Å². The minimum atomic E-state index is -1.22. The van der Waals surface area contributed by atoms with Crippen LogP contribution in [0.2, 0.25) is 0 Å². The monoisotopic (exact) mass is 172 g/mol. The van der Waals surface area contributed by atoms with Gasteiger partial charge in [-0.1, -0.05) is 40.3 Å². The molecule has 0 aromatic heterocycles. The van der Waals surface area contributed by atoms with Gasteiger partial charge in [0.05, 0.1) is 0 Å². The highest BCUT2D eigenvalue weighted by Crippen LogP contribution is 2.33. The van der Waals surface area contributed by atoms with Gasteiger partial charge in [-0.25, -0.2) is 4.39 Å². The quantitative estimate of drug-likeness (QED) is 0.565. The first kappa shape index (κ1) is 11.7. The van der Waals surface area contributed by atoms with Crippen molar-refractivity contribution < 1.29 is 4.39 Å². The van der Waals surface area contributed by atoms with Gasteiger partial charge in [-0.05, 0) is 24.7 Å². The lowest BCUT2D eigenvalue weighted by atomic mass is 9.76. The molecule has 0 saturated heterocycles. The molecule has 0 fully saturated rings. The molecule has 0 aliphatic carbocycles. The van der Waals surface area contributed by atoms with Crippen LogP contribution in [-0.2, 0) is 0 Å². The molecule has 0 amide bonds. The van der Waals surface area contributed by atoms with Crippen LogP contribution in [0, 0.1) is 11.3 Å². The Hall–Kier alpha value is -0.330. The Morgan fingerprint density at radius 2 is 1.75 bits per heavy atom. The van der Waals surface area contributed by atoms with Crippen molar-refractivity contribution in [3.8, 4) is 0 Å². The third kappa shape index (κ3) is 3.89. The van der Waals surface area contributed by atoms with E-state index in [1.807, 2.05) is 0 Å². The summed E-state index contributed by atoms with van der Waals surface area (Å²) in [5, 5.41) is 0. The second kappa shape index (κ2) is 3.59. The fraction of sp³-hybridized carbons (Fsp3) is 0.818. The zero-order valence-electron chi connectivity index (χ0n) is 8.95. The average molecular weight is 172 g/mol. The molecule has 0 aliphatic rings. The maximum Gasteiger partial charge on any atom is 0.126 e. The van der Waals surface area contributed by atoms with E-state index in [4.69, 9.17) is 0 Å². The molecule has 72 valence electrons.